The summed E-state index contributed by atoms with van der Waals surface area (Å²) in [5, 5.41) is 1.65. The van der Waals surface area contributed by atoms with Gasteiger partial charge in [-0.15, -0.1) is 11.3 Å². The summed E-state index contributed by atoms with van der Waals surface area (Å²) < 4.78 is 26.8. The Balaban J connectivity index is 2.07. The van der Waals surface area contributed by atoms with Crippen molar-refractivity contribution < 1.29 is 8.42 Å². The largest absolute Gasteiger partial charge is 0.398 e. The van der Waals surface area contributed by atoms with Crippen LogP contribution in [0.2, 0.25) is 0 Å². The van der Waals surface area contributed by atoms with Gasteiger partial charge in [0.05, 0.1) is 5.69 Å². The molecule has 0 aliphatic carbocycles. The van der Waals surface area contributed by atoms with Gasteiger partial charge in [0, 0.05) is 17.6 Å². The van der Waals surface area contributed by atoms with Crippen molar-refractivity contribution in [1.82, 2.24) is 0 Å². The predicted molar refractivity (Wildman–Crippen MR) is 73.4 cm³/mol. The van der Waals surface area contributed by atoms with E-state index in [1.165, 1.54) is 10.4 Å². The minimum atomic E-state index is -3.46. The van der Waals surface area contributed by atoms with Crippen LogP contribution in [0.3, 0.4) is 0 Å². The second-order valence-electron chi connectivity index (χ2n) is 4.15. The van der Waals surface area contributed by atoms with Crippen molar-refractivity contribution in [3.8, 4) is 0 Å². The average molecular weight is 280 g/mol. The highest BCUT2D eigenvalue weighted by atomic mass is 32.2. The van der Waals surface area contributed by atoms with Gasteiger partial charge in [0.25, 0.3) is 10.0 Å². The van der Waals surface area contributed by atoms with Crippen LogP contribution in [-0.4, -0.2) is 15.0 Å². The number of anilines is 2. The van der Waals surface area contributed by atoms with Crippen LogP contribution in [0.15, 0.2) is 39.9 Å². The maximum absolute atomic E-state index is 12.5. The third-order valence-corrected chi connectivity index (χ3v) is 6.23. The quantitative estimate of drug-likeness (QED) is 0.916. The number of rotatable bonds is 2. The Morgan fingerprint density at radius 2 is 2.06 bits per heavy atom. The van der Waals surface area contributed by atoms with E-state index in [9.17, 15) is 8.42 Å². The molecule has 1 aromatic carbocycles. The van der Waals surface area contributed by atoms with E-state index < -0.39 is 10.0 Å². The molecule has 2 heterocycles. The van der Waals surface area contributed by atoms with E-state index in [4.69, 9.17) is 5.73 Å². The van der Waals surface area contributed by atoms with Crippen LogP contribution in [0.25, 0.3) is 0 Å². The number of fused-ring (bicyclic) bond motifs is 1. The van der Waals surface area contributed by atoms with Gasteiger partial charge >= 0.3 is 0 Å². The van der Waals surface area contributed by atoms with Gasteiger partial charge in [0.1, 0.15) is 4.21 Å². The molecule has 94 valence electrons. The molecule has 18 heavy (non-hydrogen) atoms. The summed E-state index contributed by atoms with van der Waals surface area (Å²) in [5.74, 6) is 0. The molecular formula is C12H12N2O2S2. The Labute approximate surface area is 110 Å². The van der Waals surface area contributed by atoms with Crippen molar-refractivity contribution in [2.24, 2.45) is 0 Å². The van der Waals surface area contributed by atoms with Gasteiger partial charge in [-0.1, -0.05) is 18.2 Å². The van der Waals surface area contributed by atoms with Gasteiger partial charge in [-0.05, 0) is 24.1 Å². The monoisotopic (exact) mass is 280 g/mol. The molecule has 0 radical (unpaired) electrons. The molecule has 1 aliphatic heterocycles. The lowest BCUT2D eigenvalue weighted by Crippen LogP contribution is -2.28. The van der Waals surface area contributed by atoms with Crippen molar-refractivity contribution in [3.63, 3.8) is 0 Å². The zero-order valence-electron chi connectivity index (χ0n) is 9.54. The van der Waals surface area contributed by atoms with Crippen molar-refractivity contribution in [1.29, 1.82) is 0 Å². The second kappa shape index (κ2) is 4.00. The second-order valence-corrected chi connectivity index (χ2v) is 7.16. The smallest absolute Gasteiger partial charge is 0.273 e. The van der Waals surface area contributed by atoms with E-state index in [-0.39, 0.29) is 0 Å². The molecule has 0 saturated carbocycles. The zero-order valence-corrected chi connectivity index (χ0v) is 11.2. The van der Waals surface area contributed by atoms with Gasteiger partial charge in [-0.2, -0.15) is 0 Å². The van der Waals surface area contributed by atoms with Crippen LogP contribution < -0.4 is 10.0 Å². The van der Waals surface area contributed by atoms with Gasteiger partial charge in [-0.25, -0.2) is 8.42 Å². The Morgan fingerprint density at radius 1 is 1.28 bits per heavy atom. The van der Waals surface area contributed by atoms with Crippen molar-refractivity contribution in [2.75, 3.05) is 16.6 Å². The molecule has 0 amide bonds. The van der Waals surface area contributed by atoms with E-state index in [2.05, 4.69) is 0 Å². The summed E-state index contributed by atoms with van der Waals surface area (Å²) in [6.07, 6.45) is 0.760. The summed E-state index contributed by atoms with van der Waals surface area (Å²) in [5.41, 5.74) is 7.94. The highest BCUT2D eigenvalue weighted by molar-refractivity contribution is 7.94. The lowest BCUT2D eigenvalue weighted by Gasteiger charge is -2.18. The lowest BCUT2D eigenvalue weighted by atomic mass is 10.2. The number of thiophene rings is 1. The average Bonchev–Trinajstić information content (AvgIpc) is 2.95. The summed E-state index contributed by atoms with van der Waals surface area (Å²) in [6, 6.07) is 9.11. The van der Waals surface area contributed by atoms with Gasteiger partial charge in [0.2, 0.25) is 0 Å². The molecule has 3 rings (SSSR count). The standard InChI is InChI=1S/C12H12N2O2S2/c13-10-7-12(17-8-10)18(15,16)14-6-5-9-3-1-2-4-11(9)14/h1-4,7-8H,5-6,13H2. The number of nitrogens with zero attached hydrogens (tertiary/aromatic N) is 1. The summed E-state index contributed by atoms with van der Waals surface area (Å²) in [6.45, 7) is 0.499. The number of para-hydroxylation sites is 1. The number of hydrogen-bond acceptors (Lipinski definition) is 4. The van der Waals surface area contributed by atoms with Crippen LogP contribution in [0, 0.1) is 0 Å². The molecular weight excluding hydrogens is 268 g/mol. The van der Waals surface area contributed by atoms with Gasteiger partial charge < -0.3 is 5.73 Å². The highest BCUT2D eigenvalue weighted by Gasteiger charge is 2.31. The van der Waals surface area contributed by atoms with E-state index >= 15 is 0 Å². The number of hydrogen-bond donors (Lipinski definition) is 1. The maximum atomic E-state index is 12.5. The Bertz CT molecular complexity index is 692. The molecule has 4 nitrogen and oxygen atoms in total. The van der Waals surface area contributed by atoms with Crippen molar-refractivity contribution >= 4 is 32.7 Å². The SMILES string of the molecule is Nc1csc(S(=O)(=O)N2CCc3ccccc32)c1. The van der Waals surface area contributed by atoms with Crippen molar-refractivity contribution in [3.05, 3.63) is 41.3 Å². The molecule has 1 aromatic heterocycles. The van der Waals surface area contributed by atoms with Crippen LogP contribution in [0.1, 0.15) is 5.56 Å². The first-order chi connectivity index (χ1) is 8.59. The topological polar surface area (TPSA) is 63.4 Å². The van der Waals surface area contributed by atoms with Crippen molar-refractivity contribution in [2.45, 2.75) is 10.6 Å². The number of nitrogen functional groups attached to an aromatic ring is 1. The minimum absolute atomic E-state index is 0.303. The molecule has 0 saturated heterocycles. The number of benzene rings is 1. The fraction of sp³-hybridized carbons (Fsp3) is 0.167. The molecule has 0 unspecified atom stereocenters. The predicted octanol–water partition coefficient (Wildman–Crippen LogP) is 2.08. The third-order valence-electron chi connectivity index (χ3n) is 2.98. The zero-order chi connectivity index (χ0) is 12.8. The Morgan fingerprint density at radius 3 is 2.78 bits per heavy atom. The van der Waals surface area contributed by atoms with Gasteiger partial charge in [0.15, 0.2) is 0 Å². The highest BCUT2D eigenvalue weighted by Crippen LogP contribution is 2.34. The molecule has 0 fully saturated rings. The molecule has 2 N–H and O–H groups in total. The minimum Gasteiger partial charge on any atom is -0.398 e. The van der Waals surface area contributed by atoms with E-state index in [0.29, 0.717) is 16.4 Å². The van der Waals surface area contributed by atoms with Crippen LogP contribution in [0.5, 0.6) is 0 Å². The fourth-order valence-electron chi connectivity index (χ4n) is 2.13. The van der Waals surface area contributed by atoms with Crippen LogP contribution in [0.4, 0.5) is 11.4 Å². The Hall–Kier alpha value is -1.53. The summed E-state index contributed by atoms with van der Waals surface area (Å²) in [7, 11) is -3.46. The molecule has 6 heteroatoms. The normalized spacial score (nSPS) is 14.8. The maximum Gasteiger partial charge on any atom is 0.273 e. The number of nitrogens with two attached hydrogens (primary N) is 1. The third kappa shape index (κ3) is 1.69. The molecule has 0 atom stereocenters. The lowest BCUT2D eigenvalue weighted by molar-refractivity contribution is 0.594. The first-order valence-corrected chi connectivity index (χ1v) is 7.86. The summed E-state index contributed by atoms with van der Waals surface area (Å²) in [4.78, 5) is 0. The van der Waals surface area contributed by atoms with E-state index in [1.807, 2.05) is 24.3 Å². The van der Waals surface area contributed by atoms with Crippen LogP contribution >= 0.6 is 11.3 Å². The van der Waals surface area contributed by atoms with E-state index in [0.717, 1.165) is 29.0 Å². The molecule has 0 bridgehead atoms. The van der Waals surface area contributed by atoms with Gasteiger partial charge in [-0.3, -0.25) is 4.31 Å². The first kappa shape index (κ1) is 11.6. The number of sulfonamides is 1. The Kier molecular flexibility index (Phi) is 2.57. The molecule has 0 spiro atoms. The molecule has 2 aromatic rings. The summed E-state index contributed by atoms with van der Waals surface area (Å²) >= 11 is 1.16. The molecule has 1 aliphatic rings. The van der Waals surface area contributed by atoms with E-state index in [1.54, 1.807) is 5.38 Å². The van der Waals surface area contributed by atoms with Crippen LogP contribution in [-0.2, 0) is 16.4 Å². The first-order valence-electron chi connectivity index (χ1n) is 5.54. The fourth-order valence-corrected chi connectivity index (χ4v) is 4.83.